The molecule has 1 amide bonds. The lowest BCUT2D eigenvalue weighted by Crippen LogP contribution is -2.46. The third-order valence-corrected chi connectivity index (χ3v) is 4.70. The van der Waals surface area contributed by atoms with Crippen LogP contribution in [0.1, 0.15) is 15.9 Å². The van der Waals surface area contributed by atoms with Crippen molar-refractivity contribution in [2.75, 3.05) is 26.8 Å². The minimum atomic E-state index is -0.0519. The summed E-state index contributed by atoms with van der Waals surface area (Å²) in [5.41, 5.74) is 1.71. The van der Waals surface area contributed by atoms with Gasteiger partial charge in [0.2, 0.25) is 0 Å². The Morgan fingerprint density at radius 1 is 1.25 bits per heavy atom. The van der Waals surface area contributed by atoms with E-state index >= 15 is 0 Å². The van der Waals surface area contributed by atoms with Crippen molar-refractivity contribution < 1.29 is 14.3 Å². The maximum atomic E-state index is 13.0. The highest BCUT2D eigenvalue weighted by molar-refractivity contribution is 5.94. The molecule has 0 bridgehead atoms. The van der Waals surface area contributed by atoms with Crippen LogP contribution in [0.2, 0.25) is 0 Å². The minimum Gasteiger partial charge on any atom is -0.497 e. The molecule has 0 radical (unpaired) electrons. The molecule has 3 heterocycles. The molecule has 0 saturated carbocycles. The van der Waals surface area contributed by atoms with E-state index in [-0.39, 0.29) is 12.0 Å². The molecule has 28 heavy (non-hydrogen) atoms. The van der Waals surface area contributed by atoms with E-state index in [1.807, 2.05) is 29.2 Å². The lowest BCUT2D eigenvalue weighted by molar-refractivity contribution is -0.0208. The molecule has 1 fully saturated rings. The van der Waals surface area contributed by atoms with E-state index in [2.05, 4.69) is 15.2 Å². The molecular weight excluding hydrogens is 358 g/mol. The molecule has 4 rings (SSSR count). The maximum Gasteiger partial charge on any atom is 0.254 e. The molecule has 1 aliphatic heterocycles. The van der Waals surface area contributed by atoms with Crippen LogP contribution in [-0.4, -0.2) is 63.5 Å². The fraction of sp³-hybridized carbons (Fsp3) is 0.300. The largest absolute Gasteiger partial charge is 0.497 e. The average molecular weight is 379 g/mol. The predicted octanol–water partition coefficient (Wildman–Crippen LogP) is 1.75. The van der Waals surface area contributed by atoms with Gasteiger partial charge in [-0.15, -0.1) is 10.2 Å². The van der Waals surface area contributed by atoms with Crippen LogP contribution < -0.4 is 4.74 Å². The number of amides is 1. The second-order valence-corrected chi connectivity index (χ2v) is 6.57. The highest BCUT2D eigenvalue weighted by Gasteiger charge is 2.25. The number of aromatic nitrogens is 4. The number of benzene rings is 1. The highest BCUT2D eigenvalue weighted by Crippen LogP contribution is 2.18. The Hall–Kier alpha value is -3.26. The predicted molar refractivity (Wildman–Crippen MR) is 101 cm³/mol. The van der Waals surface area contributed by atoms with Crippen LogP contribution in [0.4, 0.5) is 0 Å². The smallest absolute Gasteiger partial charge is 0.254 e. The number of morpholine rings is 1. The van der Waals surface area contributed by atoms with Crippen molar-refractivity contribution in [1.82, 2.24) is 24.6 Å². The number of carbonyl (C=O) groups excluding carboxylic acids is 1. The first-order valence-corrected chi connectivity index (χ1v) is 9.08. The third kappa shape index (κ3) is 4.01. The Kier molecular flexibility index (Phi) is 5.29. The van der Waals surface area contributed by atoms with Crippen molar-refractivity contribution in [3.63, 3.8) is 0 Å². The van der Waals surface area contributed by atoms with Crippen LogP contribution in [0.15, 0.2) is 55.2 Å². The fourth-order valence-corrected chi connectivity index (χ4v) is 3.28. The molecule has 1 atom stereocenters. The van der Waals surface area contributed by atoms with Crippen LogP contribution in [0.5, 0.6) is 5.75 Å². The van der Waals surface area contributed by atoms with E-state index in [4.69, 9.17) is 9.47 Å². The van der Waals surface area contributed by atoms with E-state index in [1.165, 1.54) is 0 Å². The summed E-state index contributed by atoms with van der Waals surface area (Å²) in [6.45, 7) is 1.63. The molecule has 1 aliphatic rings. The van der Waals surface area contributed by atoms with Gasteiger partial charge in [-0.1, -0.05) is 12.1 Å². The molecular formula is C20H21N5O3. The van der Waals surface area contributed by atoms with Gasteiger partial charge in [-0.25, -0.2) is 4.98 Å². The number of hydrogen-bond acceptors (Lipinski definition) is 6. The van der Waals surface area contributed by atoms with Crippen molar-refractivity contribution >= 4 is 5.91 Å². The zero-order valence-electron chi connectivity index (χ0n) is 15.6. The van der Waals surface area contributed by atoms with E-state index in [1.54, 1.807) is 42.7 Å². The van der Waals surface area contributed by atoms with Crippen molar-refractivity contribution in [2.24, 2.45) is 0 Å². The van der Waals surface area contributed by atoms with Crippen molar-refractivity contribution in [1.29, 1.82) is 0 Å². The molecule has 2 aromatic heterocycles. The van der Waals surface area contributed by atoms with Gasteiger partial charge in [0.25, 0.3) is 5.91 Å². The second kappa shape index (κ2) is 8.18. The lowest BCUT2D eigenvalue weighted by Gasteiger charge is -2.33. The molecule has 0 spiro atoms. The molecule has 0 aliphatic carbocycles. The molecule has 0 unspecified atom stereocenters. The molecule has 144 valence electrons. The minimum absolute atomic E-state index is 0.0318. The summed E-state index contributed by atoms with van der Waals surface area (Å²) in [6, 6.07) is 11.4. The summed E-state index contributed by atoms with van der Waals surface area (Å²) >= 11 is 0. The number of methoxy groups -OCH3 is 1. The topological polar surface area (TPSA) is 82.4 Å². The number of carbonyl (C=O) groups is 1. The Balaban J connectivity index is 1.45. The van der Waals surface area contributed by atoms with Crippen LogP contribution in [0.3, 0.4) is 0 Å². The first kappa shape index (κ1) is 18.1. The van der Waals surface area contributed by atoms with Gasteiger partial charge >= 0.3 is 0 Å². The van der Waals surface area contributed by atoms with E-state index in [0.29, 0.717) is 31.1 Å². The van der Waals surface area contributed by atoms with Gasteiger partial charge in [0.05, 0.1) is 19.8 Å². The second-order valence-electron chi connectivity index (χ2n) is 6.57. The number of pyridine rings is 1. The van der Waals surface area contributed by atoms with Crippen molar-refractivity contribution in [3.05, 3.63) is 66.4 Å². The van der Waals surface area contributed by atoms with Crippen LogP contribution >= 0.6 is 0 Å². The zero-order valence-corrected chi connectivity index (χ0v) is 15.6. The number of hydrogen-bond donors (Lipinski definition) is 0. The summed E-state index contributed by atoms with van der Waals surface area (Å²) in [4.78, 5) is 19.1. The van der Waals surface area contributed by atoms with Gasteiger partial charge in [-0.05, 0) is 29.8 Å². The highest BCUT2D eigenvalue weighted by atomic mass is 16.5. The third-order valence-electron chi connectivity index (χ3n) is 4.70. The lowest BCUT2D eigenvalue weighted by atomic mass is 10.1. The van der Waals surface area contributed by atoms with E-state index in [0.717, 1.165) is 17.7 Å². The maximum absolute atomic E-state index is 13.0. The number of ether oxygens (including phenoxy) is 2. The quantitative estimate of drug-likeness (QED) is 0.672. The Bertz CT molecular complexity index is 945. The number of rotatable bonds is 5. The first-order valence-electron chi connectivity index (χ1n) is 9.08. The molecule has 1 saturated heterocycles. The van der Waals surface area contributed by atoms with Crippen molar-refractivity contribution in [3.8, 4) is 11.6 Å². The van der Waals surface area contributed by atoms with Crippen LogP contribution in [0, 0.1) is 0 Å². The van der Waals surface area contributed by atoms with Crippen LogP contribution in [-0.2, 0) is 11.2 Å². The molecule has 0 N–H and O–H groups in total. The summed E-state index contributed by atoms with van der Waals surface area (Å²) in [6.07, 6.45) is 5.40. The van der Waals surface area contributed by atoms with Gasteiger partial charge in [0.1, 0.15) is 24.2 Å². The van der Waals surface area contributed by atoms with Gasteiger partial charge in [-0.3, -0.25) is 9.36 Å². The summed E-state index contributed by atoms with van der Waals surface area (Å²) in [7, 11) is 1.65. The van der Waals surface area contributed by atoms with Gasteiger partial charge in [0.15, 0.2) is 0 Å². The first-order chi connectivity index (χ1) is 13.7. The molecule has 8 nitrogen and oxygen atoms in total. The van der Waals surface area contributed by atoms with Gasteiger partial charge in [-0.2, -0.15) is 0 Å². The summed E-state index contributed by atoms with van der Waals surface area (Å²) in [5.74, 6) is 1.40. The van der Waals surface area contributed by atoms with Gasteiger partial charge in [0, 0.05) is 31.3 Å². The standard InChI is InChI=1S/C20H21N5O3/c1-27-17-4-2-3-15(9-17)10-18-12-24(7-8-28-18)20(26)16-5-6-21-19(11-16)25-13-22-23-14-25/h2-6,9,11,13-14,18H,7-8,10,12H2,1H3/t18-/m1/s1. The molecule has 1 aromatic carbocycles. The summed E-state index contributed by atoms with van der Waals surface area (Å²) < 4.78 is 12.8. The monoisotopic (exact) mass is 379 g/mol. The molecule has 8 heteroatoms. The van der Waals surface area contributed by atoms with Crippen molar-refractivity contribution in [2.45, 2.75) is 12.5 Å². The Morgan fingerprint density at radius 3 is 2.93 bits per heavy atom. The average Bonchev–Trinajstić information content (AvgIpc) is 3.29. The fourth-order valence-electron chi connectivity index (χ4n) is 3.28. The zero-order chi connectivity index (χ0) is 19.3. The van der Waals surface area contributed by atoms with Gasteiger partial charge < -0.3 is 14.4 Å². The SMILES string of the molecule is COc1cccc(C[C@@H]2CN(C(=O)c3ccnc(-n4cnnc4)c3)CCO2)c1. The Morgan fingerprint density at radius 2 is 2.11 bits per heavy atom. The Labute approximate surface area is 162 Å². The number of nitrogens with zero attached hydrogens (tertiary/aromatic N) is 5. The normalized spacial score (nSPS) is 16.8. The van der Waals surface area contributed by atoms with E-state index in [9.17, 15) is 4.79 Å². The summed E-state index contributed by atoms with van der Waals surface area (Å²) in [5, 5.41) is 7.55. The molecule has 3 aromatic rings. The van der Waals surface area contributed by atoms with Crippen LogP contribution in [0.25, 0.3) is 5.82 Å². The van der Waals surface area contributed by atoms with E-state index < -0.39 is 0 Å².